The van der Waals surface area contributed by atoms with E-state index in [4.69, 9.17) is 5.73 Å². The third-order valence-corrected chi connectivity index (χ3v) is 7.92. The number of rotatable bonds is 3. The van der Waals surface area contributed by atoms with E-state index in [1.807, 2.05) is 4.90 Å². The highest BCUT2D eigenvalue weighted by atomic mass is 19.4. The Hall–Kier alpha value is -2.42. The van der Waals surface area contributed by atoms with Gasteiger partial charge < -0.3 is 16.0 Å². The first-order valence-electron chi connectivity index (χ1n) is 10.9. The molecule has 4 fully saturated rings. The van der Waals surface area contributed by atoms with Crippen LogP contribution in [0.2, 0.25) is 0 Å². The van der Waals surface area contributed by atoms with Crippen LogP contribution in [0.3, 0.4) is 0 Å². The molecule has 0 bridgehead atoms. The Labute approximate surface area is 177 Å². The van der Waals surface area contributed by atoms with Crippen LogP contribution >= 0.6 is 0 Å². The van der Waals surface area contributed by atoms with Gasteiger partial charge in [0.25, 0.3) is 0 Å². The molecule has 1 aliphatic heterocycles. The molecule has 2 aromatic rings. The number of aromatic nitrogens is 2. The number of anilines is 1. The van der Waals surface area contributed by atoms with Crippen molar-refractivity contribution in [1.29, 1.82) is 0 Å². The lowest BCUT2D eigenvalue weighted by molar-refractivity contribution is -0.136. The van der Waals surface area contributed by atoms with E-state index in [1.54, 1.807) is 0 Å². The maximum absolute atomic E-state index is 13.4. The van der Waals surface area contributed by atoms with Gasteiger partial charge >= 0.3 is 6.18 Å². The van der Waals surface area contributed by atoms with Gasteiger partial charge in [-0.3, -0.25) is 14.8 Å². The summed E-state index contributed by atoms with van der Waals surface area (Å²) in [5.74, 6) is 0.959. The van der Waals surface area contributed by atoms with Gasteiger partial charge in [0.15, 0.2) is 0 Å². The zero-order chi connectivity index (χ0) is 21.5. The molecule has 1 amide bonds. The average molecular weight is 431 g/mol. The SMILES string of the molecule is N[C@@H]1C[C@H](NC(=O)C2CN(c3ccc(C(F)(F)F)c4nccnc34)CC23CC3)[C@@H]2C[C@@H]21. The summed E-state index contributed by atoms with van der Waals surface area (Å²) in [4.78, 5) is 23.4. The summed E-state index contributed by atoms with van der Waals surface area (Å²) in [5, 5.41) is 3.25. The number of hydrogen-bond acceptors (Lipinski definition) is 5. The molecule has 2 heterocycles. The second-order valence-electron chi connectivity index (χ2n) is 9.76. The van der Waals surface area contributed by atoms with Gasteiger partial charge in [0.2, 0.25) is 5.91 Å². The molecule has 4 aliphatic rings. The van der Waals surface area contributed by atoms with Crippen LogP contribution < -0.4 is 16.0 Å². The zero-order valence-corrected chi connectivity index (χ0v) is 16.9. The quantitative estimate of drug-likeness (QED) is 0.781. The van der Waals surface area contributed by atoms with Crippen molar-refractivity contribution in [2.24, 2.45) is 28.9 Å². The minimum absolute atomic E-state index is 0.0621. The smallest absolute Gasteiger partial charge is 0.368 e. The maximum Gasteiger partial charge on any atom is 0.418 e. The van der Waals surface area contributed by atoms with Crippen molar-refractivity contribution in [3.8, 4) is 0 Å². The van der Waals surface area contributed by atoms with Crippen molar-refractivity contribution in [2.45, 2.75) is 43.9 Å². The molecule has 1 saturated heterocycles. The Morgan fingerprint density at radius 1 is 1.13 bits per heavy atom. The largest absolute Gasteiger partial charge is 0.418 e. The fourth-order valence-corrected chi connectivity index (χ4v) is 5.99. The van der Waals surface area contributed by atoms with E-state index in [-0.39, 0.29) is 40.4 Å². The Balaban J connectivity index is 1.28. The molecule has 9 heteroatoms. The van der Waals surface area contributed by atoms with E-state index in [2.05, 4.69) is 15.3 Å². The van der Waals surface area contributed by atoms with Crippen molar-refractivity contribution in [3.05, 3.63) is 30.1 Å². The van der Waals surface area contributed by atoms with Crippen LogP contribution in [0, 0.1) is 23.2 Å². The number of hydrogen-bond donors (Lipinski definition) is 2. The number of nitrogens with one attached hydrogen (secondary N) is 1. The van der Waals surface area contributed by atoms with Crippen molar-refractivity contribution < 1.29 is 18.0 Å². The van der Waals surface area contributed by atoms with Gasteiger partial charge in [0.05, 0.1) is 17.2 Å². The van der Waals surface area contributed by atoms with Gasteiger partial charge in [-0.1, -0.05) is 0 Å². The predicted molar refractivity (Wildman–Crippen MR) is 108 cm³/mol. The molecule has 31 heavy (non-hydrogen) atoms. The van der Waals surface area contributed by atoms with Gasteiger partial charge in [0, 0.05) is 43.0 Å². The number of carbonyl (C=O) groups excluding carboxylic acids is 1. The molecule has 0 radical (unpaired) electrons. The second kappa shape index (κ2) is 6.31. The maximum atomic E-state index is 13.4. The molecule has 1 aromatic heterocycles. The Bertz CT molecular complexity index is 1070. The first-order valence-corrected chi connectivity index (χ1v) is 10.9. The summed E-state index contributed by atoms with van der Waals surface area (Å²) in [5.41, 5.74) is 5.97. The topological polar surface area (TPSA) is 84.1 Å². The summed E-state index contributed by atoms with van der Waals surface area (Å²) in [6, 6.07) is 2.89. The molecule has 164 valence electrons. The minimum atomic E-state index is -4.50. The van der Waals surface area contributed by atoms with E-state index < -0.39 is 11.7 Å². The standard InChI is InChI=1S/C22H24F3N5O/c23-22(24,25)13-1-2-17(19-18(13)27-5-6-28-19)30-9-14(21(10-30)3-4-21)20(31)29-16-8-15(26)11-7-12(11)16/h1-2,5-6,11-12,14-16H,3-4,7-10,26H2,(H,29,31)/t11-,12+,14?,15+,16-/m0/s1. The Morgan fingerprint density at radius 2 is 1.87 bits per heavy atom. The first kappa shape index (κ1) is 19.3. The van der Waals surface area contributed by atoms with Crippen molar-refractivity contribution in [3.63, 3.8) is 0 Å². The molecule has 1 aromatic carbocycles. The average Bonchev–Trinajstić information content (AvgIpc) is 3.61. The van der Waals surface area contributed by atoms with Crippen LogP contribution in [0.5, 0.6) is 0 Å². The summed E-state index contributed by atoms with van der Waals surface area (Å²) in [7, 11) is 0. The summed E-state index contributed by atoms with van der Waals surface area (Å²) >= 11 is 0. The number of benzene rings is 1. The number of nitrogens with two attached hydrogens (primary N) is 1. The molecule has 6 rings (SSSR count). The van der Waals surface area contributed by atoms with Gasteiger partial charge in [-0.15, -0.1) is 0 Å². The van der Waals surface area contributed by atoms with Crippen molar-refractivity contribution in [2.75, 3.05) is 18.0 Å². The van der Waals surface area contributed by atoms with Gasteiger partial charge in [-0.2, -0.15) is 13.2 Å². The molecular weight excluding hydrogens is 407 g/mol. The van der Waals surface area contributed by atoms with Crippen LogP contribution in [0.25, 0.3) is 11.0 Å². The predicted octanol–water partition coefficient (Wildman–Crippen LogP) is 2.72. The highest BCUT2D eigenvalue weighted by molar-refractivity contribution is 5.92. The highest BCUT2D eigenvalue weighted by Crippen LogP contribution is 2.58. The van der Waals surface area contributed by atoms with Gasteiger partial charge in [-0.25, -0.2) is 0 Å². The second-order valence-corrected chi connectivity index (χ2v) is 9.76. The fraction of sp³-hybridized carbons (Fsp3) is 0.591. The number of amides is 1. The van der Waals surface area contributed by atoms with Crippen LogP contribution in [0.15, 0.2) is 24.5 Å². The number of halogens is 3. The van der Waals surface area contributed by atoms with Crippen LogP contribution in [0.4, 0.5) is 18.9 Å². The zero-order valence-electron chi connectivity index (χ0n) is 16.9. The molecule has 1 unspecified atom stereocenters. The van der Waals surface area contributed by atoms with E-state index >= 15 is 0 Å². The third kappa shape index (κ3) is 3.00. The molecule has 1 spiro atoms. The monoisotopic (exact) mass is 431 g/mol. The number of nitrogens with zero attached hydrogens (tertiary/aromatic N) is 3. The van der Waals surface area contributed by atoms with Crippen molar-refractivity contribution >= 4 is 22.6 Å². The highest BCUT2D eigenvalue weighted by Gasteiger charge is 2.59. The molecule has 3 aliphatic carbocycles. The normalized spacial score (nSPS) is 33.0. The molecular formula is C22H24F3N5O. The van der Waals surface area contributed by atoms with Gasteiger partial charge in [0.1, 0.15) is 11.0 Å². The van der Waals surface area contributed by atoms with E-state index in [9.17, 15) is 18.0 Å². The Kier molecular flexibility index (Phi) is 3.92. The van der Waals surface area contributed by atoms with Crippen LogP contribution in [-0.2, 0) is 11.0 Å². The first-order chi connectivity index (χ1) is 14.8. The molecule has 6 nitrogen and oxygen atoms in total. The lowest BCUT2D eigenvalue weighted by Gasteiger charge is -2.22. The fourth-order valence-electron chi connectivity index (χ4n) is 5.99. The minimum Gasteiger partial charge on any atom is -0.368 e. The summed E-state index contributed by atoms with van der Waals surface area (Å²) in [6.07, 6.45) is 2.05. The number of fused-ring (bicyclic) bond motifs is 2. The molecule has 3 saturated carbocycles. The number of alkyl halides is 3. The van der Waals surface area contributed by atoms with E-state index in [0.717, 1.165) is 31.7 Å². The lowest BCUT2D eigenvalue weighted by atomic mass is 9.91. The third-order valence-electron chi connectivity index (χ3n) is 7.92. The van der Waals surface area contributed by atoms with E-state index in [0.29, 0.717) is 30.6 Å². The summed E-state index contributed by atoms with van der Waals surface area (Å²) in [6.45, 7) is 1.13. The van der Waals surface area contributed by atoms with Gasteiger partial charge in [-0.05, 0) is 49.7 Å². The molecule has 5 atom stereocenters. The van der Waals surface area contributed by atoms with Crippen LogP contribution in [0.1, 0.15) is 31.2 Å². The van der Waals surface area contributed by atoms with Crippen molar-refractivity contribution in [1.82, 2.24) is 15.3 Å². The Morgan fingerprint density at radius 3 is 2.48 bits per heavy atom. The lowest BCUT2D eigenvalue weighted by Crippen LogP contribution is -2.43. The van der Waals surface area contributed by atoms with E-state index in [1.165, 1.54) is 18.5 Å². The molecule has 3 N–H and O–H groups in total. The summed E-state index contributed by atoms with van der Waals surface area (Å²) < 4.78 is 40.3. The van der Waals surface area contributed by atoms with Crippen LogP contribution in [-0.4, -0.2) is 41.0 Å². The number of carbonyl (C=O) groups is 1.